The number of hydrogen-bond donors (Lipinski definition) is 1. The van der Waals surface area contributed by atoms with Crippen molar-refractivity contribution in [3.8, 4) is 0 Å². The Bertz CT molecular complexity index is 636. The van der Waals surface area contributed by atoms with Gasteiger partial charge in [0, 0.05) is 31.2 Å². The van der Waals surface area contributed by atoms with E-state index in [4.69, 9.17) is 4.42 Å². The van der Waals surface area contributed by atoms with E-state index in [1.54, 1.807) is 17.4 Å². The third-order valence-electron chi connectivity index (χ3n) is 4.05. The number of aryl methyl sites for hydroxylation is 2. The number of hydrogen-bond acceptors (Lipinski definition) is 5. The topological polar surface area (TPSA) is 58.4 Å². The van der Waals surface area contributed by atoms with E-state index in [-0.39, 0.29) is 5.91 Å². The highest BCUT2D eigenvalue weighted by atomic mass is 32.1. The summed E-state index contributed by atoms with van der Waals surface area (Å²) in [6.07, 6.45) is 4.13. The molecule has 2 aromatic rings. The smallest absolute Gasteiger partial charge is 0.254 e. The Morgan fingerprint density at radius 2 is 2.41 bits per heavy atom. The molecule has 0 radical (unpaired) electrons. The van der Waals surface area contributed by atoms with Crippen LogP contribution in [0.25, 0.3) is 0 Å². The predicted molar refractivity (Wildman–Crippen MR) is 87.6 cm³/mol. The fourth-order valence-corrected chi connectivity index (χ4v) is 3.65. The van der Waals surface area contributed by atoms with Crippen molar-refractivity contribution >= 4 is 22.4 Å². The molecule has 0 unspecified atom stereocenters. The quantitative estimate of drug-likeness (QED) is 0.941. The molecule has 2 aromatic heterocycles. The zero-order chi connectivity index (χ0) is 15.5. The van der Waals surface area contributed by atoms with Gasteiger partial charge in [0.1, 0.15) is 11.5 Å². The first-order valence-electron chi connectivity index (χ1n) is 7.63. The fourth-order valence-electron chi connectivity index (χ4n) is 2.97. The first-order chi connectivity index (χ1) is 10.6. The Kier molecular flexibility index (Phi) is 4.47. The minimum atomic E-state index is -0.0410. The van der Waals surface area contributed by atoms with Gasteiger partial charge < -0.3 is 14.6 Å². The largest absolute Gasteiger partial charge is 0.466 e. The minimum Gasteiger partial charge on any atom is -0.466 e. The van der Waals surface area contributed by atoms with E-state index in [9.17, 15) is 4.79 Å². The fraction of sp³-hybridized carbons (Fsp3) is 0.500. The van der Waals surface area contributed by atoms with Crippen molar-refractivity contribution in [3.05, 3.63) is 34.7 Å². The van der Waals surface area contributed by atoms with Gasteiger partial charge >= 0.3 is 0 Å². The van der Waals surface area contributed by atoms with E-state index >= 15 is 0 Å². The maximum Gasteiger partial charge on any atom is 0.254 e. The lowest BCUT2D eigenvalue weighted by molar-refractivity contribution is 0.0944. The number of carbonyl (C=O) groups is 1. The van der Waals surface area contributed by atoms with Gasteiger partial charge in [0.2, 0.25) is 0 Å². The first kappa shape index (κ1) is 15.1. The Labute approximate surface area is 134 Å². The standard InChI is InChI=1S/C16H21N3O2S/c1-11-8-14(12(2)21-11)15(20)18-9-13-4-3-6-19(10-13)16-17-5-7-22-16/h5,7-8,13H,3-4,6,9-10H2,1-2H3,(H,18,20)/t13-/m1/s1. The molecule has 1 atom stereocenters. The van der Waals surface area contributed by atoms with Gasteiger partial charge in [-0.15, -0.1) is 11.3 Å². The third-order valence-corrected chi connectivity index (χ3v) is 4.88. The molecule has 1 aliphatic heterocycles. The summed E-state index contributed by atoms with van der Waals surface area (Å²) in [4.78, 5) is 18.9. The van der Waals surface area contributed by atoms with E-state index in [0.29, 0.717) is 23.8 Å². The van der Waals surface area contributed by atoms with Gasteiger partial charge in [0.15, 0.2) is 5.13 Å². The van der Waals surface area contributed by atoms with Crippen molar-refractivity contribution in [1.82, 2.24) is 10.3 Å². The van der Waals surface area contributed by atoms with Crippen LogP contribution < -0.4 is 10.2 Å². The van der Waals surface area contributed by atoms with Crippen LogP contribution in [0.4, 0.5) is 5.13 Å². The molecular weight excluding hydrogens is 298 g/mol. The molecule has 0 aliphatic carbocycles. The van der Waals surface area contributed by atoms with Gasteiger partial charge in [-0.05, 0) is 38.7 Å². The lowest BCUT2D eigenvalue weighted by atomic mass is 9.98. The molecule has 1 fully saturated rings. The summed E-state index contributed by atoms with van der Waals surface area (Å²) < 4.78 is 5.42. The molecule has 3 rings (SSSR count). The van der Waals surface area contributed by atoms with Crippen LogP contribution in [0.5, 0.6) is 0 Å². The lowest BCUT2D eigenvalue weighted by Gasteiger charge is -2.32. The predicted octanol–water partition coefficient (Wildman–Crippen LogP) is 3.00. The number of amides is 1. The van der Waals surface area contributed by atoms with Crippen LogP contribution in [-0.2, 0) is 0 Å². The number of rotatable bonds is 4. The van der Waals surface area contributed by atoms with Crippen LogP contribution in [0.15, 0.2) is 22.1 Å². The van der Waals surface area contributed by atoms with Gasteiger partial charge in [0.05, 0.1) is 5.56 Å². The summed E-state index contributed by atoms with van der Waals surface area (Å²) in [6, 6.07) is 1.80. The van der Waals surface area contributed by atoms with Crippen molar-refractivity contribution in [1.29, 1.82) is 0 Å². The number of aromatic nitrogens is 1. The molecule has 1 saturated heterocycles. The molecule has 118 valence electrons. The molecular formula is C16H21N3O2S. The Morgan fingerprint density at radius 1 is 1.55 bits per heavy atom. The highest BCUT2D eigenvalue weighted by molar-refractivity contribution is 7.13. The average molecular weight is 319 g/mol. The molecule has 6 heteroatoms. The van der Waals surface area contributed by atoms with Crippen molar-refractivity contribution in [2.45, 2.75) is 26.7 Å². The number of anilines is 1. The molecule has 22 heavy (non-hydrogen) atoms. The number of nitrogens with one attached hydrogen (secondary N) is 1. The normalized spacial score (nSPS) is 18.5. The van der Waals surface area contributed by atoms with Crippen molar-refractivity contribution < 1.29 is 9.21 Å². The van der Waals surface area contributed by atoms with E-state index < -0.39 is 0 Å². The number of furan rings is 1. The second-order valence-electron chi connectivity index (χ2n) is 5.81. The summed E-state index contributed by atoms with van der Waals surface area (Å²) in [5, 5.41) is 6.13. The van der Waals surface area contributed by atoms with Crippen LogP contribution in [0.3, 0.4) is 0 Å². The molecule has 1 amide bonds. The van der Waals surface area contributed by atoms with Gasteiger partial charge in [-0.25, -0.2) is 4.98 Å². The Balaban J connectivity index is 1.55. The molecule has 0 saturated carbocycles. The Morgan fingerprint density at radius 3 is 3.09 bits per heavy atom. The van der Waals surface area contributed by atoms with Crippen LogP contribution in [0, 0.1) is 19.8 Å². The molecule has 0 bridgehead atoms. The van der Waals surface area contributed by atoms with Gasteiger partial charge in [-0.2, -0.15) is 0 Å². The van der Waals surface area contributed by atoms with Gasteiger partial charge in [-0.1, -0.05) is 0 Å². The van der Waals surface area contributed by atoms with E-state index in [2.05, 4.69) is 15.2 Å². The number of nitrogens with zero attached hydrogens (tertiary/aromatic N) is 2. The maximum atomic E-state index is 12.2. The summed E-state index contributed by atoms with van der Waals surface area (Å²) in [5.74, 6) is 1.88. The van der Waals surface area contributed by atoms with Crippen LogP contribution in [-0.4, -0.2) is 30.5 Å². The molecule has 1 aliphatic rings. The maximum absolute atomic E-state index is 12.2. The monoisotopic (exact) mass is 319 g/mol. The van der Waals surface area contributed by atoms with E-state index in [1.807, 2.05) is 25.4 Å². The summed E-state index contributed by atoms with van der Waals surface area (Å²) in [7, 11) is 0. The summed E-state index contributed by atoms with van der Waals surface area (Å²) in [5.41, 5.74) is 0.644. The third kappa shape index (κ3) is 3.32. The second kappa shape index (κ2) is 6.52. The van der Waals surface area contributed by atoms with Crippen LogP contribution in [0.2, 0.25) is 0 Å². The van der Waals surface area contributed by atoms with Crippen LogP contribution >= 0.6 is 11.3 Å². The highest BCUT2D eigenvalue weighted by Gasteiger charge is 2.22. The Hall–Kier alpha value is -1.82. The summed E-state index contributed by atoms with van der Waals surface area (Å²) >= 11 is 1.67. The number of piperidine rings is 1. The van der Waals surface area contributed by atoms with Crippen molar-refractivity contribution in [2.24, 2.45) is 5.92 Å². The zero-order valence-electron chi connectivity index (χ0n) is 13.0. The van der Waals surface area contributed by atoms with Crippen LogP contribution in [0.1, 0.15) is 34.7 Å². The second-order valence-corrected chi connectivity index (χ2v) is 6.68. The molecule has 5 nitrogen and oxygen atoms in total. The van der Waals surface area contributed by atoms with Crippen molar-refractivity contribution in [3.63, 3.8) is 0 Å². The average Bonchev–Trinajstić information content (AvgIpc) is 3.15. The highest BCUT2D eigenvalue weighted by Crippen LogP contribution is 2.24. The first-order valence-corrected chi connectivity index (χ1v) is 8.51. The SMILES string of the molecule is Cc1cc(C(=O)NC[C@H]2CCCN(c3nccs3)C2)c(C)o1. The molecule has 0 spiro atoms. The van der Waals surface area contributed by atoms with Crippen molar-refractivity contribution in [2.75, 3.05) is 24.5 Å². The zero-order valence-corrected chi connectivity index (χ0v) is 13.8. The summed E-state index contributed by atoms with van der Waals surface area (Å²) in [6.45, 7) is 6.39. The van der Waals surface area contributed by atoms with Gasteiger partial charge in [0.25, 0.3) is 5.91 Å². The van der Waals surface area contributed by atoms with E-state index in [1.165, 1.54) is 0 Å². The number of thiazole rings is 1. The van der Waals surface area contributed by atoms with E-state index in [0.717, 1.165) is 36.8 Å². The molecule has 0 aromatic carbocycles. The number of carbonyl (C=O) groups excluding carboxylic acids is 1. The lowest BCUT2D eigenvalue weighted by Crippen LogP contribution is -2.41. The van der Waals surface area contributed by atoms with Gasteiger partial charge in [-0.3, -0.25) is 4.79 Å². The minimum absolute atomic E-state index is 0.0410. The molecule has 1 N–H and O–H groups in total. The molecule has 3 heterocycles.